The Bertz CT molecular complexity index is 783. The molecule has 0 aliphatic carbocycles. The van der Waals surface area contributed by atoms with E-state index in [-0.39, 0.29) is 5.91 Å². The SMILES string of the molecule is O=C(Nc1ccc(NCc2ccco2)cc1)c1ccccc1Br. The maximum atomic E-state index is 12.2. The van der Waals surface area contributed by atoms with Crippen LogP contribution in [-0.2, 0) is 6.54 Å². The van der Waals surface area contributed by atoms with Gasteiger partial charge in [0.25, 0.3) is 5.91 Å². The summed E-state index contributed by atoms with van der Waals surface area (Å²) in [5.74, 6) is 0.727. The van der Waals surface area contributed by atoms with Crippen LogP contribution in [0.15, 0.2) is 75.8 Å². The normalized spacial score (nSPS) is 10.3. The Balaban J connectivity index is 1.61. The van der Waals surface area contributed by atoms with Crippen molar-refractivity contribution in [3.05, 3.63) is 82.7 Å². The molecular formula is C18H15BrN2O2. The first-order chi connectivity index (χ1) is 11.2. The summed E-state index contributed by atoms with van der Waals surface area (Å²) in [5.41, 5.74) is 2.31. The van der Waals surface area contributed by atoms with Crippen molar-refractivity contribution in [3.63, 3.8) is 0 Å². The minimum Gasteiger partial charge on any atom is -0.467 e. The van der Waals surface area contributed by atoms with Crippen LogP contribution in [0.5, 0.6) is 0 Å². The van der Waals surface area contributed by atoms with E-state index < -0.39 is 0 Å². The number of hydrogen-bond donors (Lipinski definition) is 2. The first kappa shape index (κ1) is 15.4. The fraction of sp³-hybridized carbons (Fsp3) is 0.0556. The fourth-order valence-corrected chi connectivity index (χ4v) is 2.58. The highest BCUT2D eigenvalue weighted by Crippen LogP contribution is 2.19. The zero-order valence-corrected chi connectivity index (χ0v) is 13.8. The van der Waals surface area contributed by atoms with Crippen molar-refractivity contribution in [2.24, 2.45) is 0 Å². The van der Waals surface area contributed by atoms with Crippen LogP contribution in [0.4, 0.5) is 11.4 Å². The molecule has 2 aromatic carbocycles. The van der Waals surface area contributed by atoms with Gasteiger partial charge in [-0.1, -0.05) is 12.1 Å². The zero-order chi connectivity index (χ0) is 16.1. The molecule has 1 aromatic heterocycles. The number of carbonyl (C=O) groups excluding carboxylic acids is 1. The van der Waals surface area contributed by atoms with Crippen molar-refractivity contribution in [2.45, 2.75) is 6.54 Å². The van der Waals surface area contributed by atoms with E-state index in [1.165, 1.54) is 0 Å². The third kappa shape index (κ3) is 4.02. The summed E-state index contributed by atoms with van der Waals surface area (Å²) in [6, 6.07) is 18.7. The zero-order valence-electron chi connectivity index (χ0n) is 12.3. The first-order valence-electron chi connectivity index (χ1n) is 7.14. The fourth-order valence-electron chi connectivity index (χ4n) is 2.12. The van der Waals surface area contributed by atoms with Crippen molar-refractivity contribution >= 4 is 33.2 Å². The number of rotatable bonds is 5. The molecule has 116 valence electrons. The summed E-state index contributed by atoms with van der Waals surface area (Å²) in [6.45, 7) is 0.621. The van der Waals surface area contributed by atoms with E-state index in [0.29, 0.717) is 12.1 Å². The summed E-state index contributed by atoms with van der Waals surface area (Å²) in [7, 11) is 0. The number of amides is 1. The second-order valence-electron chi connectivity index (χ2n) is 4.94. The van der Waals surface area contributed by atoms with Gasteiger partial charge >= 0.3 is 0 Å². The second kappa shape index (κ2) is 7.15. The Morgan fingerprint density at radius 2 is 1.70 bits per heavy atom. The lowest BCUT2D eigenvalue weighted by Crippen LogP contribution is -2.12. The predicted molar refractivity (Wildman–Crippen MR) is 94.6 cm³/mol. The van der Waals surface area contributed by atoms with Gasteiger partial charge in [-0.15, -0.1) is 0 Å². The van der Waals surface area contributed by atoms with E-state index in [2.05, 4.69) is 26.6 Å². The van der Waals surface area contributed by atoms with Crippen LogP contribution in [0.1, 0.15) is 16.1 Å². The van der Waals surface area contributed by atoms with Crippen LogP contribution in [0, 0.1) is 0 Å². The first-order valence-corrected chi connectivity index (χ1v) is 7.94. The molecule has 0 aliphatic heterocycles. The third-order valence-electron chi connectivity index (χ3n) is 3.31. The quantitative estimate of drug-likeness (QED) is 0.670. The number of nitrogens with one attached hydrogen (secondary N) is 2. The van der Waals surface area contributed by atoms with E-state index in [0.717, 1.165) is 21.6 Å². The number of halogens is 1. The monoisotopic (exact) mass is 370 g/mol. The summed E-state index contributed by atoms with van der Waals surface area (Å²) in [4.78, 5) is 12.2. The van der Waals surface area contributed by atoms with E-state index in [1.54, 1.807) is 12.3 Å². The Morgan fingerprint density at radius 1 is 0.957 bits per heavy atom. The lowest BCUT2D eigenvalue weighted by atomic mass is 10.2. The van der Waals surface area contributed by atoms with E-state index in [1.807, 2.05) is 54.6 Å². The van der Waals surface area contributed by atoms with Crippen LogP contribution in [0.2, 0.25) is 0 Å². The van der Waals surface area contributed by atoms with E-state index >= 15 is 0 Å². The Labute approximate surface area is 142 Å². The van der Waals surface area contributed by atoms with Crippen molar-refractivity contribution < 1.29 is 9.21 Å². The Morgan fingerprint density at radius 3 is 2.39 bits per heavy atom. The highest BCUT2D eigenvalue weighted by atomic mass is 79.9. The summed E-state index contributed by atoms with van der Waals surface area (Å²) < 4.78 is 6.04. The molecule has 0 aliphatic rings. The van der Waals surface area contributed by atoms with Crippen LogP contribution in [0.3, 0.4) is 0 Å². The van der Waals surface area contributed by atoms with Crippen molar-refractivity contribution in [1.82, 2.24) is 0 Å². The largest absolute Gasteiger partial charge is 0.467 e. The minimum absolute atomic E-state index is 0.145. The van der Waals surface area contributed by atoms with Gasteiger partial charge in [-0.05, 0) is 64.5 Å². The Hall–Kier alpha value is -2.53. The van der Waals surface area contributed by atoms with Crippen molar-refractivity contribution in [1.29, 1.82) is 0 Å². The molecule has 0 saturated heterocycles. The summed E-state index contributed by atoms with van der Waals surface area (Å²) in [6.07, 6.45) is 1.65. The van der Waals surface area contributed by atoms with E-state index in [9.17, 15) is 4.79 Å². The van der Waals surface area contributed by atoms with Crippen LogP contribution < -0.4 is 10.6 Å². The number of carbonyl (C=O) groups is 1. The van der Waals surface area contributed by atoms with Crippen molar-refractivity contribution in [2.75, 3.05) is 10.6 Å². The van der Waals surface area contributed by atoms with Gasteiger partial charge in [0.15, 0.2) is 0 Å². The lowest BCUT2D eigenvalue weighted by Gasteiger charge is -2.09. The average molecular weight is 371 g/mol. The molecule has 4 nitrogen and oxygen atoms in total. The van der Waals surface area contributed by atoms with Gasteiger partial charge in [0.2, 0.25) is 0 Å². The van der Waals surface area contributed by atoms with E-state index in [4.69, 9.17) is 4.42 Å². The van der Waals surface area contributed by atoms with Gasteiger partial charge in [0.1, 0.15) is 5.76 Å². The molecule has 0 saturated carbocycles. The van der Waals surface area contributed by atoms with Gasteiger partial charge in [-0.3, -0.25) is 4.79 Å². The molecule has 5 heteroatoms. The minimum atomic E-state index is -0.145. The number of furan rings is 1. The molecule has 3 rings (SSSR count). The molecule has 0 atom stereocenters. The molecule has 2 N–H and O–H groups in total. The van der Waals surface area contributed by atoms with Gasteiger partial charge < -0.3 is 15.1 Å². The van der Waals surface area contributed by atoms with Crippen LogP contribution >= 0.6 is 15.9 Å². The standard InChI is InChI=1S/C18H15BrN2O2/c19-17-6-2-1-5-16(17)18(22)21-14-9-7-13(8-10-14)20-12-15-4-3-11-23-15/h1-11,20H,12H2,(H,21,22). The third-order valence-corrected chi connectivity index (χ3v) is 4.00. The summed E-state index contributed by atoms with van der Waals surface area (Å²) >= 11 is 3.38. The van der Waals surface area contributed by atoms with Crippen molar-refractivity contribution in [3.8, 4) is 0 Å². The highest BCUT2D eigenvalue weighted by molar-refractivity contribution is 9.10. The topological polar surface area (TPSA) is 54.3 Å². The van der Waals surface area contributed by atoms with Crippen LogP contribution in [0.25, 0.3) is 0 Å². The molecule has 0 fully saturated rings. The molecule has 1 amide bonds. The van der Waals surface area contributed by atoms with Gasteiger partial charge in [0, 0.05) is 15.8 Å². The highest BCUT2D eigenvalue weighted by Gasteiger charge is 2.09. The second-order valence-corrected chi connectivity index (χ2v) is 5.80. The predicted octanol–water partition coefficient (Wildman–Crippen LogP) is 4.91. The molecule has 1 heterocycles. The van der Waals surface area contributed by atoms with Gasteiger partial charge in [-0.2, -0.15) is 0 Å². The smallest absolute Gasteiger partial charge is 0.256 e. The maximum absolute atomic E-state index is 12.2. The van der Waals surface area contributed by atoms with Gasteiger partial charge in [0.05, 0.1) is 18.4 Å². The lowest BCUT2D eigenvalue weighted by molar-refractivity contribution is 0.102. The number of hydrogen-bond acceptors (Lipinski definition) is 3. The van der Waals surface area contributed by atoms with Gasteiger partial charge in [-0.25, -0.2) is 0 Å². The molecular weight excluding hydrogens is 356 g/mol. The molecule has 0 spiro atoms. The average Bonchev–Trinajstić information content (AvgIpc) is 3.08. The maximum Gasteiger partial charge on any atom is 0.256 e. The molecule has 3 aromatic rings. The Kier molecular flexibility index (Phi) is 4.78. The molecule has 0 radical (unpaired) electrons. The number of benzene rings is 2. The number of anilines is 2. The molecule has 23 heavy (non-hydrogen) atoms. The van der Waals surface area contributed by atoms with Crippen LogP contribution in [-0.4, -0.2) is 5.91 Å². The summed E-state index contributed by atoms with van der Waals surface area (Å²) in [5, 5.41) is 6.14. The molecule has 0 unspecified atom stereocenters. The molecule has 0 bridgehead atoms.